The van der Waals surface area contributed by atoms with Crippen LogP contribution in [0.3, 0.4) is 0 Å². The Morgan fingerprint density at radius 1 is 1.06 bits per heavy atom. The lowest BCUT2D eigenvalue weighted by atomic mass is 9.98. The highest BCUT2D eigenvalue weighted by molar-refractivity contribution is 5.84. The fraction of sp³-hybridized carbons (Fsp3) is 0.192. The zero-order valence-corrected chi connectivity index (χ0v) is 18.1. The fourth-order valence-corrected chi connectivity index (χ4v) is 4.66. The van der Waals surface area contributed by atoms with Crippen molar-refractivity contribution in [2.45, 2.75) is 18.4 Å². The molecule has 0 saturated heterocycles. The predicted molar refractivity (Wildman–Crippen MR) is 124 cm³/mol. The molecule has 7 nitrogen and oxygen atoms in total. The Balaban J connectivity index is 1.29. The molecule has 7 heteroatoms. The van der Waals surface area contributed by atoms with Crippen LogP contribution in [0.2, 0.25) is 0 Å². The second kappa shape index (κ2) is 8.43. The summed E-state index contributed by atoms with van der Waals surface area (Å²) in [6.07, 6.45) is 2.91. The van der Waals surface area contributed by atoms with E-state index in [1.165, 1.54) is 0 Å². The van der Waals surface area contributed by atoms with Gasteiger partial charge in [-0.25, -0.2) is 14.6 Å². The van der Waals surface area contributed by atoms with Gasteiger partial charge in [-0.15, -0.1) is 0 Å². The number of rotatable bonds is 6. The molecule has 0 bridgehead atoms. The Hall–Kier alpha value is -4.13. The highest BCUT2D eigenvalue weighted by Crippen LogP contribution is 2.44. The molecule has 1 amide bonds. The molecule has 0 aliphatic heterocycles. The van der Waals surface area contributed by atoms with Crippen molar-refractivity contribution in [1.29, 1.82) is 0 Å². The molecule has 1 atom stereocenters. The maximum atomic E-state index is 12.6. The first-order chi connectivity index (χ1) is 16.0. The van der Waals surface area contributed by atoms with Gasteiger partial charge < -0.3 is 19.7 Å². The van der Waals surface area contributed by atoms with Gasteiger partial charge in [0.2, 0.25) is 0 Å². The van der Waals surface area contributed by atoms with E-state index in [4.69, 9.17) is 4.74 Å². The van der Waals surface area contributed by atoms with Crippen LogP contribution in [-0.2, 0) is 23.0 Å². The number of nitrogens with one attached hydrogen (secondary N) is 1. The van der Waals surface area contributed by atoms with Crippen LogP contribution in [0, 0.1) is 0 Å². The van der Waals surface area contributed by atoms with Crippen LogP contribution in [-0.4, -0.2) is 39.4 Å². The van der Waals surface area contributed by atoms with E-state index in [9.17, 15) is 14.7 Å². The molecule has 5 rings (SSSR count). The number of hydrogen-bond donors (Lipinski definition) is 2. The molecule has 2 aromatic heterocycles. The Morgan fingerprint density at radius 2 is 1.73 bits per heavy atom. The molecule has 0 unspecified atom stereocenters. The number of nitrogens with zero attached hydrogens (tertiary/aromatic N) is 2. The van der Waals surface area contributed by atoms with Gasteiger partial charge in [-0.05, 0) is 39.9 Å². The molecule has 33 heavy (non-hydrogen) atoms. The number of carboxylic acid groups (broad SMARTS) is 1. The minimum atomic E-state index is -1.12. The van der Waals surface area contributed by atoms with Gasteiger partial charge in [0, 0.05) is 37.2 Å². The van der Waals surface area contributed by atoms with Crippen LogP contribution < -0.4 is 5.32 Å². The minimum Gasteiger partial charge on any atom is -0.480 e. The van der Waals surface area contributed by atoms with Gasteiger partial charge in [0.05, 0.1) is 0 Å². The van der Waals surface area contributed by atoms with E-state index < -0.39 is 18.1 Å². The minimum absolute atomic E-state index is 0.0874. The summed E-state index contributed by atoms with van der Waals surface area (Å²) in [4.78, 5) is 28.8. The lowest BCUT2D eigenvalue weighted by molar-refractivity contribution is -0.139. The van der Waals surface area contributed by atoms with Crippen molar-refractivity contribution in [1.82, 2.24) is 14.9 Å². The molecule has 0 radical (unpaired) electrons. The first-order valence-corrected chi connectivity index (χ1v) is 10.8. The number of aryl methyl sites for hydroxylation is 1. The van der Waals surface area contributed by atoms with Crippen molar-refractivity contribution in [2.75, 3.05) is 6.61 Å². The standard InChI is InChI=1S/C26H23N3O4/c1-29-14-16(17-11-6-12-27-24(17)29)13-23(25(30)31)28-26(32)33-15-22-20-9-4-2-7-18(20)19-8-3-5-10-21(19)22/h2-12,14,22-23H,13,15H2,1H3,(H,28,32)(H,30,31)/t23-/m0/s1. The van der Waals surface area contributed by atoms with Crippen LogP contribution in [0.5, 0.6) is 0 Å². The van der Waals surface area contributed by atoms with Gasteiger partial charge in [-0.2, -0.15) is 0 Å². The van der Waals surface area contributed by atoms with Crippen molar-refractivity contribution in [3.8, 4) is 11.1 Å². The molecule has 4 aromatic rings. The number of carboxylic acids is 1. The SMILES string of the molecule is Cn1cc(C[C@H](NC(=O)OCC2c3ccccc3-c3ccccc32)C(=O)O)c2cccnc21. The summed E-state index contributed by atoms with van der Waals surface area (Å²) in [6, 6.07) is 18.7. The molecule has 2 heterocycles. The summed E-state index contributed by atoms with van der Waals surface area (Å²) < 4.78 is 7.36. The number of aliphatic carboxylic acids is 1. The molecule has 1 aliphatic carbocycles. The van der Waals surface area contributed by atoms with Crippen molar-refractivity contribution in [2.24, 2.45) is 7.05 Å². The second-order valence-corrected chi connectivity index (χ2v) is 8.20. The normalized spacial score (nSPS) is 13.4. The number of carbonyl (C=O) groups excluding carboxylic acids is 1. The van der Waals surface area contributed by atoms with Crippen molar-refractivity contribution < 1.29 is 19.4 Å². The van der Waals surface area contributed by atoms with E-state index in [2.05, 4.69) is 22.4 Å². The maximum absolute atomic E-state index is 12.6. The largest absolute Gasteiger partial charge is 0.480 e. The Morgan fingerprint density at radius 3 is 2.39 bits per heavy atom. The van der Waals surface area contributed by atoms with Gasteiger partial charge in [0.1, 0.15) is 18.3 Å². The van der Waals surface area contributed by atoms with Crippen molar-refractivity contribution in [3.63, 3.8) is 0 Å². The quantitative estimate of drug-likeness (QED) is 0.470. The number of hydrogen-bond acceptors (Lipinski definition) is 4. The van der Waals surface area contributed by atoms with Crippen molar-refractivity contribution in [3.05, 3.63) is 89.7 Å². The van der Waals surface area contributed by atoms with E-state index in [-0.39, 0.29) is 18.9 Å². The van der Waals surface area contributed by atoms with E-state index >= 15 is 0 Å². The summed E-state index contributed by atoms with van der Waals surface area (Å²) in [5.74, 6) is -1.21. The highest BCUT2D eigenvalue weighted by atomic mass is 16.5. The third-order valence-electron chi connectivity index (χ3n) is 6.17. The zero-order valence-electron chi connectivity index (χ0n) is 18.1. The van der Waals surface area contributed by atoms with Gasteiger partial charge in [0.15, 0.2) is 0 Å². The Labute approximate surface area is 190 Å². The first-order valence-electron chi connectivity index (χ1n) is 10.8. The Kier molecular flexibility index (Phi) is 5.30. The maximum Gasteiger partial charge on any atom is 0.407 e. The monoisotopic (exact) mass is 441 g/mol. The molecule has 0 saturated carbocycles. The van der Waals surface area contributed by atoms with E-state index in [0.717, 1.165) is 38.9 Å². The van der Waals surface area contributed by atoms with Crippen LogP contribution in [0.4, 0.5) is 4.79 Å². The number of benzene rings is 2. The smallest absolute Gasteiger partial charge is 0.407 e. The highest BCUT2D eigenvalue weighted by Gasteiger charge is 2.30. The summed E-state index contributed by atoms with van der Waals surface area (Å²) >= 11 is 0. The molecule has 1 aliphatic rings. The zero-order chi connectivity index (χ0) is 22.9. The number of pyridine rings is 1. The first kappa shape index (κ1) is 20.8. The molecule has 0 spiro atoms. The fourth-order valence-electron chi connectivity index (χ4n) is 4.66. The molecule has 166 valence electrons. The lowest BCUT2D eigenvalue weighted by Crippen LogP contribution is -2.42. The molecule has 2 N–H and O–H groups in total. The van der Waals surface area contributed by atoms with Gasteiger partial charge in [-0.3, -0.25) is 0 Å². The van der Waals surface area contributed by atoms with Crippen molar-refractivity contribution >= 4 is 23.1 Å². The molecule has 0 fully saturated rings. The third kappa shape index (κ3) is 3.82. The van der Waals surface area contributed by atoms with Crippen LogP contribution in [0.15, 0.2) is 73.1 Å². The average molecular weight is 441 g/mol. The summed E-state index contributed by atoms with van der Waals surface area (Å²) in [5, 5.41) is 13.1. The van der Waals surface area contributed by atoms with E-state index in [1.54, 1.807) is 12.3 Å². The number of aromatic nitrogens is 2. The number of fused-ring (bicyclic) bond motifs is 4. The molecular formula is C26H23N3O4. The number of amides is 1. The van der Waals surface area contributed by atoms with E-state index in [0.29, 0.717) is 0 Å². The summed E-state index contributed by atoms with van der Waals surface area (Å²) in [5.41, 5.74) is 6.03. The number of ether oxygens (including phenoxy) is 1. The van der Waals surface area contributed by atoms with Gasteiger partial charge in [0.25, 0.3) is 0 Å². The third-order valence-corrected chi connectivity index (χ3v) is 6.17. The summed E-state index contributed by atoms with van der Waals surface area (Å²) in [7, 11) is 1.85. The topological polar surface area (TPSA) is 93.5 Å². The van der Waals surface area contributed by atoms with Crippen LogP contribution in [0.25, 0.3) is 22.2 Å². The lowest BCUT2D eigenvalue weighted by Gasteiger charge is -2.17. The number of alkyl carbamates (subject to hydrolysis) is 1. The predicted octanol–water partition coefficient (Wildman–Crippen LogP) is 4.11. The van der Waals surface area contributed by atoms with E-state index in [1.807, 2.05) is 60.3 Å². The van der Waals surface area contributed by atoms with Gasteiger partial charge >= 0.3 is 12.1 Å². The summed E-state index contributed by atoms with van der Waals surface area (Å²) in [6.45, 7) is 0.129. The Bertz CT molecular complexity index is 1320. The number of carbonyl (C=O) groups is 2. The van der Waals surface area contributed by atoms with Crippen LogP contribution in [0.1, 0.15) is 22.6 Å². The molecule has 2 aromatic carbocycles. The average Bonchev–Trinajstić information content (AvgIpc) is 3.32. The van der Waals surface area contributed by atoms with Crippen LogP contribution >= 0.6 is 0 Å². The van der Waals surface area contributed by atoms with Gasteiger partial charge in [-0.1, -0.05) is 48.5 Å². The second-order valence-electron chi connectivity index (χ2n) is 8.20. The molecular weight excluding hydrogens is 418 g/mol.